The van der Waals surface area contributed by atoms with E-state index in [1.54, 1.807) is 0 Å². The molecule has 0 aliphatic heterocycles. The Bertz CT molecular complexity index is 367. The van der Waals surface area contributed by atoms with E-state index in [1.807, 2.05) is 0 Å². The van der Waals surface area contributed by atoms with Crippen molar-refractivity contribution in [1.29, 1.82) is 0 Å². The van der Waals surface area contributed by atoms with E-state index in [2.05, 4.69) is 55.6 Å². The number of hydrogen-bond donors (Lipinski definition) is 1. The minimum Gasteiger partial charge on any atom is -0.378 e. The monoisotopic (exact) mass is 246 g/mol. The fourth-order valence-electron chi connectivity index (χ4n) is 3.02. The highest BCUT2D eigenvalue weighted by Crippen LogP contribution is 2.33. The molecular formula is C16H26N2. The first-order valence-electron chi connectivity index (χ1n) is 7.15. The first kappa shape index (κ1) is 13.4. The minimum atomic E-state index is 0.507. The van der Waals surface area contributed by atoms with Crippen LogP contribution in [0.15, 0.2) is 24.3 Å². The van der Waals surface area contributed by atoms with Crippen molar-refractivity contribution in [2.24, 2.45) is 5.92 Å². The van der Waals surface area contributed by atoms with Gasteiger partial charge in [-0.2, -0.15) is 0 Å². The maximum Gasteiger partial charge on any atom is 0.0364 e. The van der Waals surface area contributed by atoms with E-state index in [0.717, 1.165) is 5.92 Å². The molecule has 1 N–H and O–H groups in total. The van der Waals surface area contributed by atoms with Gasteiger partial charge in [0, 0.05) is 25.8 Å². The molecule has 2 rings (SSSR count). The Morgan fingerprint density at radius 3 is 2.61 bits per heavy atom. The molecule has 1 atom stereocenters. The quantitative estimate of drug-likeness (QED) is 0.854. The van der Waals surface area contributed by atoms with Gasteiger partial charge in [0.1, 0.15) is 0 Å². The van der Waals surface area contributed by atoms with E-state index in [1.165, 1.54) is 43.4 Å². The zero-order valence-electron chi connectivity index (χ0n) is 11.9. The Kier molecular flexibility index (Phi) is 4.65. The van der Waals surface area contributed by atoms with Crippen LogP contribution in [0, 0.1) is 5.92 Å². The smallest absolute Gasteiger partial charge is 0.0364 e. The highest BCUT2D eigenvalue weighted by Gasteiger charge is 2.20. The summed E-state index contributed by atoms with van der Waals surface area (Å²) in [6.45, 7) is 0. The second kappa shape index (κ2) is 6.24. The molecule has 0 amide bonds. The van der Waals surface area contributed by atoms with E-state index in [4.69, 9.17) is 0 Å². The van der Waals surface area contributed by atoms with Crippen molar-refractivity contribution >= 4 is 5.69 Å². The summed E-state index contributed by atoms with van der Waals surface area (Å²) in [4.78, 5) is 2.17. The third-order valence-electron chi connectivity index (χ3n) is 4.18. The average Bonchev–Trinajstić information content (AvgIpc) is 2.89. The van der Waals surface area contributed by atoms with Gasteiger partial charge in [-0.3, -0.25) is 0 Å². The van der Waals surface area contributed by atoms with E-state index in [0.29, 0.717) is 6.04 Å². The van der Waals surface area contributed by atoms with Gasteiger partial charge in [0.15, 0.2) is 0 Å². The predicted octanol–water partition coefficient (Wildman–Crippen LogP) is 3.59. The van der Waals surface area contributed by atoms with Crippen molar-refractivity contribution in [2.75, 3.05) is 26.0 Å². The van der Waals surface area contributed by atoms with Gasteiger partial charge in [-0.05, 0) is 37.1 Å². The van der Waals surface area contributed by atoms with E-state index < -0.39 is 0 Å². The van der Waals surface area contributed by atoms with Crippen LogP contribution >= 0.6 is 0 Å². The fourth-order valence-corrected chi connectivity index (χ4v) is 3.02. The average molecular weight is 246 g/mol. The molecule has 1 aliphatic carbocycles. The summed E-state index contributed by atoms with van der Waals surface area (Å²) in [6.07, 6.45) is 6.99. The SMILES string of the molecule is CNC(CC1CCCC1)c1cccc(N(C)C)c1. The van der Waals surface area contributed by atoms with Crippen LogP contribution < -0.4 is 10.2 Å². The van der Waals surface area contributed by atoms with Gasteiger partial charge in [0.05, 0.1) is 0 Å². The van der Waals surface area contributed by atoms with Gasteiger partial charge in [-0.1, -0.05) is 37.8 Å². The number of hydrogen-bond acceptors (Lipinski definition) is 2. The highest BCUT2D eigenvalue weighted by molar-refractivity contribution is 5.47. The second-order valence-electron chi connectivity index (χ2n) is 5.72. The minimum absolute atomic E-state index is 0.507. The molecule has 0 bridgehead atoms. The number of anilines is 1. The molecule has 2 nitrogen and oxygen atoms in total. The molecular weight excluding hydrogens is 220 g/mol. The summed E-state index contributed by atoms with van der Waals surface area (Å²) in [5, 5.41) is 3.49. The van der Waals surface area contributed by atoms with E-state index >= 15 is 0 Å². The third-order valence-corrected chi connectivity index (χ3v) is 4.18. The Morgan fingerprint density at radius 2 is 2.00 bits per heavy atom. The standard InChI is InChI=1S/C16H26N2/c1-17-16(11-13-7-4-5-8-13)14-9-6-10-15(12-14)18(2)3/h6,9-10,12-13,16-17H,4-5,7-8,11H2,1-3H3. The first-order chi connectivity index (χ1) is 8.70. The van der Waals surface area contributed by atoms with Crippen LogP contribution in [-0.2, 0) is 0 Å². The lowest BCUT2D eigenvalue weighted by Crippen LogP contribution is -2.19. The molecule has 18 heavy (non-hydrogen) atoms. The first-order valence-corrected chi connectivity index (χ1v) is 7.15. The van der Waals surface area contributed by atoms with E-state index in [-0.39, 0.29) is 0 Å². The Labute approximate surface area is 111 Å². The van der Waals surface area contributed by atoms with Gasteiger partial charge in [0.2, 0.25) is 0 Å². The summed E-state index contributed by atoms with van der Waals surface area (Å²) < 4.78 is 0. The van der Waals surface area contributed by atoms with Crippen LogP contribution in [-0.4, -0.2) is 21.1 Å². The van der Waals surface area contributed by atoms with Crippen LogP contribution in [0.3, 0.4) is 0 Å². The van der Waals surface area contributed by atoms with Crippen molar-refractivity contribution in [3.8, 4) is 0 Å². The number of nitrogens with one attached hydrogen (secondary N) is 1. The van der Waals surface area contributed by atoms with Gasteiger partial charge >= 0.3 is 0 Å². The summed E-state index contributed by atoms with van der Waals surface area (Å²) in [5.41, 5.74) is 2.72. The van der Waals surface area contributed by atoms with Gasteiger partial charge in [-0.25, -0.2) is 0 Å². The fraction of sp³-hybridized carbons (Fsp3) is 0.625. The molecule has 100 valence electrons. The Morgan fingerprint density at radius 1 is 1.28 bits per heavy atom. The number of benzene rings is 1. The van der Waals surface area contributed by atoms with Crippen molar-refractivity contribution in [1.82, 2.24) is 5.32 Å². The molecule has 1 saturated carbocycles. The lowest BCUT2D eigenvalue weighted by Gasteiger charge is -2.22. The maximum atomic E-state index is 3.49. The summed E-state index contributed by atoms with van der Waals surface area (Å²) in [7, 11) is 6.29. The molecule has 2 heteroatoms. The molecule has 1 unspecified atom stereocenters. The molecule has 0 aromatic heterocycles. The summed E-state index contributed by atoms with van der Waals surface area (Å²) >= 11 is 0. The van der Waals surface area contributed by atoms with Crippen LogP contribution in [0.5, 0.6) is 0 Å². The molecule has 0 radical (unpaired) electrons. The second-order valence-corrected chi connectivity index (χ2v) is 5.72. The van der Waals surface area contributed by atoms with E-state index in [9.17, 15) is 0 Å². The maximum absolute atomic E-state index is 3.49. The van der Waals surface area contributed by atoms with Crippen molar-refractivity contribution in [3.63, 3.8) is 0 Å². The van der Waals surface area contributed by atoms with Crippen molar-refractivity contribution < 1.29 is 0 Å². The molecule has 0 saturated heterocycles. The summed E-state index contributed by atoms with van der Waals surface area (Å²) in [6, 6.07) is 9.42. The van der Waals surface area contributed by atoms with Gasteiger partial charge in [-0.15, -0.1) is 0 Å². The molecule has 0 heterocycles. The van der Waals surface area contributed by atoms with Crippen molar-refractivity contribution in [2.45, 2.75) is 38.1 Å². The Balaban J connectivity index is 2.08. The topological polar surface area (TPSA) is 15.3 Å². The number of nitrogens with zero attached hydrogens (tertiary/aromatic N) is 1. The van der Waals surface area contributed by atoms with Crippen LogP contribution in [0.2, 0.25) is 0 Å². The lowest BCUT2D eigenvalue weighted by atomic mass is 9.93. The van der Waals surface area contributed by atoms with Crippen LogP contribution in [0.1, 0.15) is 43.7 Å². The summed E-state index contributed by atoms with van der Waals surface area (Å²) in [5.74, 6) is 0.922. The third kappa shape index (κ3) is 3.26. The largest absolute Gasteiger partial charge is 0.378 e. The zero-order chi connectivity index (χ0) is 13.0. The molecule has 1 fully saturated rings. The number of rotatable bonds is 5. The highest BCUT2D eigenvalue weighted by atomic mass is 15.1. The molecule has 0 spiro atoms. The molecule has 1 aromatic carbocycles. The molecule has 1 aliphatic rings. The normalized spacial score (nSPS) is 17.9. The Hall–Kier alpha value is -1.02. The van der Waals surface area contributed by atoms with Crippen LogP contribution in [0.25, 0.3) is 0 Å². The zero-order valence-corrected chi connectivity index (χ0v) is 11.9. The van der Waals surface area contributed by atoms with Crippen LogP contribution in [0.4, 0.5) is 5.69 Å². The lowest BCUT2D eigenvalue weighted by molar-refractivity contribution is 0.413. The van der Waals surface area contributed by atoms with Crippen molar-refractivity contribution in [3.05, 3.63) is 29.8 Å². The van der Waals surface area contributed by atoms with Gasteiger partial charge < -0.3 is 10.2 Å². The van der Waals surface area contributed by atoms with Gasteiger partial charge in [0.25, 0.3) is 0 Å². The molecule has 1 aromatic rings. The predicted molar refractivity (Wildman–Crippen MR) is 79.1 cm³/mol.